The third-order valence-electron chi connectivity index (χ3n) is 3.61. The molecule has 0 N–H and O–H groups in total. The molecule has 1 atom stereocenters. The second kappa shape index (κ2) is 6.75. The van der Waals surface area contributed by atoms with E-state index in [1.165, 1.54) is 11.1 Å². The van der Waals surface area contributed by atoms with E-state index in [-0.39, 0.29) is 5.25 Å². The maximum atomic E-state index is 4.21. The summed E-state index contributed by atoms with van der Waals surface area (Å²) >= 11 is 1.85. The van der Waals surface area contributed by atoms with Gasteiger partial charge in [-0.25, -0.2) is 0 Å². The summed E-state index contributed by atoms with van der Waals surface area (Å²) in [6.45, 7) is 4.29. The van der Waals surface area contributed by atoms with E-state index in [1.807, 2.05) is 46.8 Å². The molecule has 2 aromatic carbocycles. The van der Waals surface area contributed by atoms with Gasteiger partial charge in [-0.15, -0.1) is 16.9 Å². The first-order valence-electron chi connectivity index (χ1n) is 7.25. The first kappa shape index (κ1) is 14.8. The van der Waals surface area contributed by atoms with Gasteiger partial charge in [0.2, 0.25) is 0 Å². The van der Waals surface area contributed by atoms with Crippen molar-refractivity contribution in [3.63, 3.8) is 0 Å². The van der Waals surface area contributed by atoms with Crippen LogP contribution in [0, 0.1) is 6.92 Å². The van der Waals surface area contributed by atoms with Crippen LogP contribution in [0.4, 0.5) is 0 Å². The minimum atomic E-state index is 0.217. The van der Waals surface area contributed by atoms with Gasteiger partial charge in [0, 0.05) is 5.75 Å². The van der Waals surface area contributed by atoms with Crippen LogP contribution in [0.25, 0.3) is 5.69 Å². The van der Waals surface area contributed by atoms with Crippen molar-refractivity contribution in [3.8, 4) is 5.69 Å². The highest BCUT2D eigenvalue weighted by atomic mass is 32.2. The van der Waals surface area contributed by atoms with Crippen LogP contribution in [-0.4, -0.2) is 20.2 Å². The van der Waals surface area contributed by atoms with Gasteiger partial charge in [0.05, 0.1) is 10.9 Å². The van der Waals surface area contributed by atoms with E-state index in [0.29, 0.717) is 0 Å². The number of hydrogen-bond acceptors (Lipinski definition) is 4. The normalized spacial score (nSPS) is 12.3. The van der Waals surface area contributed by atoms with Crippen molar-refractivity contribution in [1.29, 1.82) is 0 Å². The third kappa shape index (κ3) is 3.20. The van der Waals surface area contributed by atoms with Gasteiger partial charge in [0.25, 0.3) is 0 Å². The summed E-state index contributed by atoms with van der Waals surface area (Å²) < 4.78 is 1.81. The summed E-state index contributed by atoms with van der Waals surface area (Å²) in [5.41, 5.74) is 3.67. The molecule has 0 amide bonds. The molecular weight excluding hydrogens is 292 g/mol. The number of tetrazole rings is 1. The molecule has 4 nitrogen and oxygen atoms in total. The summed E-state index contributed by atoms with van der Waals surface area (Å²) in [5.74, 6) is 1.83. The quantitative estimate of drug-likeness (QED) is 0.715. The van der Waals surface area contributed by atoms with Crippen LogP contribution in [0.15, 0.2) is 54.6 Å². The number of nitrogens with zero attached hydrogens (tertiary/aromatic N) is 4. The molecule has 3 aromatic rings. The van der Waals surface area contributed by atoms with E-state index in [1.54, 1.807) is 0 Å². The SMILES string of the molecule is Cc1ccccc1CSC(C)c1nnnn1-c1ccccc1. The average Bonchev–Trinajstić information content (AvgIpc) is 3.04. The lowest BCUT2D eigenvalue weighted by molar-refractivity contribution is 0.763. The van der Waals surface area contributed by atoms with Crippen molar-refractivity contribution in [2.45, 2.75) is 24.9 Å². The highest BCUT2D eigenvalue weighted by molar-refractivity contribution is 7.98. The van der Waals surface area contributed by atoms with E-state index in [0.717, 1.165) is 17.3 Å². The summed E-state index contributed by atoms with van der Waals surface area (Å²) in [6, 6.07) is 18.5. The fourth-order valence-electron chi connectivity index (χ4n) is 2.26. The van der Waals surface area contributed by atoms with Gasteiger partial charge in [-0.3, -0.25) is 0 Å². The van der Waals surface area contributed by atoms with Gasteiger partial charge in [-0.1, -0.05) is 42.5 Å². The lowest BCUT2D eigenvalue weighted by Gasteiger charge is -2.12. The van der Waals surface area contributed by atoms with E-state index in [4.69, 9.17) is 0 Å². The standard InChI is InChI=1S/C17H18N4S/c1-13-8-6-7-9-15(13)12-22-14(2)17-18-19-20-21(17)16-10-4-3-5-11-16/h3-11,14H,12H2,1-2H3. The molecule has 5 heteroatoms. The van der Waals surface area contributed by atoms with Crippen LogP contribution < -0.4 is 0 Å². The summed E-state index contributed by atoms with van der Waals surface area (Å²) in [6.07, 6.45) is 0. The number of aromatic nitrogens is 4. The number of para-hydroxylation sites is 1. The minimum absolute atomic E-state index is 0.217. The molecule has 0 aliphatic carbocycles. The smallest absolute Gasteiger partial charge is 0.169 e. The largest absolute Gasteiger partial charge is 0.196 e. The van der Waals surface area contributed by atoms with Gasteiger partial charge in [0.1, 0.15) is 0 Å². The summed E-state index contributed by atoms with van der Waals surface area (Å²) in [5, 5.41) is 12.4. The van der Waals surface area contributed by atoms with E-state index in [2.05, 4.69) is 53.6 Å². The molecule has 1 heterocycles. The van der Waals surface area contributed by atoms with Gasteiger partial charge in [-0.2, -0.15) is 4.68 Å². The number of hydrogen-bond donors (Lipinski definition) is 0. The number of rotatable bonds is 5. The molecule has 0 aliphatic heterocycles. The molecule has 0 bridgehead atoms. The zero-order chi connectivity index (χ0) is 15.4. The van der Waals surface area contributed by atoms with E-state index < -0.39 is 0 Å². The maximum absolute atomic E-state index is 4.21. The highest BCUT2D eigenvalue weighted by Gasteiger charge is 2.16. The molecule has 0 saturated carbocycles. The maximum Gasteiger partial charge on any atom is 0.169 e. The van der Waals surface area contributed by atoms with Gasteiger partial charge < -0.3 is 0 Å². The van der Waals surface area contributed by atoms with Crippen LogP contribution in [0.5, 0.6) is 0 Å². The van der Waals surface area contributed by atoms with Crippen LogP contribution in [0.1, 0.15) is 29.1 Å². The third-order valence-corrected chi connectivity index (χ3v) is 4.80. The molecule has 0 spiro atoms. The minimum Gasteiger partial charge on any atom is -0.196 e. The van der Waals surface area contributed by atoms with Crippen LogP contribution in [-0.2, 0) is 5.75 Å². The molecule has 112 valence electrons. The first-order chi connectivity index (χ1) is 10.8. The molecule has 0 radical (unpaired) electrons. The fourth-order valence-corrected chi connectivity index (χ4v) is 3.31. The zero-order valence-electron chi connectivity index (χ0n) is 12.7. The predicted octanol–water partition coefficient (Wildman–Crippen LogP) is 3.97. The Bertz CT molecular complexity index is 739. The van der Waals surface area contributed by atoms with Gasteiger partial charge >= 0.3 is 0 Å². The predicted molar refractivity (Wildman–Crippen MR) is 90.0 cm³/mol. The molecule has 3 rings (SSSR count). The molecular formula is C17H18N4S. The van der Waals surface area contributed by atoms with Crippen molar-refractivity contribution in [1.82, 2.24) is 20.2 Å². The first-order valence-corrected chi connectivity index (χ1v) is 8.30. The van der Waals surface area contributed by atoms with Crippen molar-refractivity contribution in [3.05, 3.63) is 71.5 Å². The van der Waals surface area contributed by atoms with E-state index >= 15 is 0 Å². The van der Waals surface area contributed by atoms with Crippen molar-refractivity contribution in [2.75, 3.05) is 0 Å². The van der Waals surface area contributed by atoms with Crippen LogP contribution in [0.3, 0.4) is 0 Å². The second-order valence-corrected chi connectivity index (χ2v) is 6.49. The fraction of sp³-hybridized carbons (Fsp3) is 0.235. The topological polar surface area (TPSA) is 43.6 Å². The van der Waals surface area contributed by atoms with Gasteiger partial charge in [0.15, 0.2) is 5.82 Å². The summed E-state index contributed by atoms with van der Waals surface area (Å²) in [7, 11) is 0. The molecule has 0 saturated heterocycles. The second-order valence-electron chi connectivity index (χ2n) is 5.16. The van der Waals surface area contributed by atoms with Crippen molar-refractivity contribution >= 4 is 11.8 Å². The zero-order valence-corrected chi connectivity index (χ0v) is 13.5. The number of aryl methyl sites for hydroxylation is 1. The number of thioether (sulfide) groups is 1. The Morgan fingerprint density at radius 3 is 2.55 bits per heavy atom. The Hall–Kier alpha value is -2.14. The Kier molecular flexibility index (Phi) is 4.53. The van der Waals surface area contributed by atoms with E-state index in [9.17, 15) is 0 Å². The van der Waals surface area contributed by atoms with Gasteiger partial charge in [-0.05, 0) is 47.5 Å². The molecule has 22 heavy (non-hydrogen) atoms. The van der Waals surface area contributed by atoms with Crippen LogP contribution >= 0.6 is 11.8 Å². The Morgan fingerprint density at radius 2 is 1.77 bits per heavy atom. The molecule has 0 fully saturated rings. The molecule has 0 aliphatic rings. The molecule has 1 aromatic heterocycles. The lowest BCUT2D eigenvalue weighted by atomic mass is 10.1. The Morgan fingerprint density at radius 1 is 1.05 bits per heavy atom. The number of benzene rings is 2. The highest BCUT2D eigenvalue weighted by Crippen LogP contribution is 2.31. The summed E-state index contributed by atoms with van der Waals surface area (Å²) in [4.78, 5) is 0. The lowest BCUT2D eigenvalue weighted by Crippen LogP contribution is -2.05. The Labute approximate surface area is 134 Å². The Balaban J connectivity index is 1.75. The monoisotopic (exact) mass is 310 g/mol. The van der Waals surface area contributed by atoms with Crippen molar-refractivity contribution in [2.24, 2.45) is 0 Å². The average molecular weight is 310 g/mol. The van der Waals surface area contributed by atoms with Crippen molar-refractivity contribution < 1.29 is 0 Å². The van der Waals surface area contributed by atoms with Crippen LogP contribution in [0.2, 0.25) is 0 Å². The molecule has 1 unspecified atom stereocenters.